The molecule has 0 aliphatic rings. The zero-order valence-electron chi connectivity index (χ0n) is 10.6. The minimum Gasteiger partial charge on any atom is -0.309 e. The van der Waals surface area contributed by atoms with E-state index in [0.29, 0.717) is 18.1 Å². The lowest BCUT2D eigenvalue weighted by Gasteiger charge is -2.14. The number of rotatable bonds is 5. The summed E-state index contributed by atoms with van der Waals surface area (Å²) in [5.41, 5.74) is 1.02. The monoisotopic (exact) mass is 257 g/mol. The largest absolute Gasteiger partial charge is 0.309 e. The molecular weight excluding hydrogens is 238 g/mol. The summed E-state index contributed by atoms with van der Waals surface area (Å²) in [7, 11) is 0. The van der Waals surface area contributed by atoms with E-state index in [2.05, 4.69) is 36.3 Å². The first-order valence-corrected chi connectivity index (χ1v) is 6.38. The molecule has 4 nitrogen and oxygen atoms in total. The molecule has 0 spiro atoms. The van der Waals surface area contributed by atoms with Crippen LogP contribution in [0.3, 0.4) is 0 Å². The number of hydrogen-bond donors (Lipinski definition) is 2. The molecule has 0 aromatic carbocycles. The molecule has 0 radical (unpaired) electrons. The van der Waals surface area contributed by atoms with Crippen LogP contribution in [0, 0.1) is 0 Å². The Balaban J connectivity index is 2.46. The second-order valence-electron chi connectivity index (χ2n) is 5.11. The average Bonchev–Trinajstić information content (AvgIpc) is 2.66. The van der Waals surface area contributed by atoms with Crippen molar-refractivity contribution >= 4 is 23.3 Å². The van der Waals surface area contributed by atoms with Crippen LogP contribution in [-0.4, -0.2) is 22.0 Å². The number of H-pyrrole nitrogens is 1. The molecule has 96 valence electrons. The quantitative estimate of drug-likeness (QED) is 0.629. The zero-order valence-corrected chi connectivity index (χ0v) is 11.4. The Kier molecular flexibility index (Phi) is 5.00. The number of hydrogen-bond acceptors (Lipinski definition) is 2. The van der Waals surface area contributed by atoms with Gasteiger partial charge in [-0.15, -0.1) is 11.6 Å². The van der Waals surface area contributed by atoms with E-state index in [1.807, 2.05) is 6.07 Å². The fourth-order valence-corrected chi connectivity index (χ4v) is 1.54. The van der Waals surface area contributed by atoms with Gasteiger partial charge in [-0.05, 0) is 12.8 Å². The van der Waals surface area contributed by atoms with Gasteiger partial charge in [0, 0.05) is 29.5 Å². The van der Waals surface area contributed by atoms with Crippen molar-refractivity contribution in [2.45, 2.75) is 45.4 Å². The van der Waals surface area contributed by atoms with E-state index in [-0.39, 0.29) is 11.3 Å². The SMILES string of the molecule is CC(C)(C)c1cc(NC(=O)CCCCCl)n[nH]1. The number of amides is 1. The van der Waals surface area contributed by atoms with Crippen LogP contribution >= 0.6 is 11.6 Å². The molecule has 1 amide bonds. The van der Waals surface area contributed by atoms with Gasteiger partial charge in [-0.3, -0.25) is 9.89 Å². The van der Waals surface area contributed by atoms with Gasteiger partial charge in [0.2, 0.25) is 5.91 Å². The second kappa shape index (κ2) is 6.05. The maximum Gasteiger partial charge on any atom is 0.225 e. The number of nitrogens with zero attached hydrogens (tertiary/aromatic N) is 1. The molecule has 0 unspecified atom stereocenters. The van der Waals surface area contributed by atoms with Crippen molar-refractivity contribution in [2.75, 3.05) is 11.2 Å². The highest BCUT2D eigenvalue weighted by Crippen LogP contribution is 2.21. The Bertz CT molecular complexity index is 368. The summed E-state index contributed by atoms with van der Waals surface area (Å²) in [4.78, 5) is 11.5. The normalized spacial score (nSPS) is 11.5. The van der Waals surface area contributed by atoms with Gasteiger partial charge >= 0.3 is 0 Å². The van der Waals surface area contributed by atoms with E-state index in [0.717, 1.165) is 18.5 Å². The fourth-order valence-electron chi connectivity index (χ4n) is 1.36. The van der Waals surface area contributed by atoms with Gasteiger partial charge in [0.15, 0.2) is 5.82 Å². The predicted molar refractivity (Wildman–Crippen MR) is 70.5 cm³/mol. The third-order valence-electron chi connectivity index (χ3n) is 2.44. The van der Waals surface area contributed by atoms with Gasteiger partial charge in [0.05, 0.1) is 0 Å². The molecule has 5 heteroatoms. The van der Waals surface area contributed by atoms with Gasteiger partial charge in [-0.2, -0.15) is 5.10 Å². The summed E-state index contributed by atoms with van der Waals surface area (Å²) in [6, 6.07) is 1.87. The molecule has 0 aliphatic carbocycles. The summed E-state index contributed by atoms with van der Waals surface area (Å²) in [6.45, 7) is 6.27. The maximum absolute atomic E-state index is 11.5. The van der Waals surface area contributed by atoms with Gasteiger partial charge in [0.1, 0.15) is 0 Å². The molecule has 0 saturated heterocycles. The number of halogens is 1. The smallest absolute Gasteiger partial charge is 0.225 e. The number of anilines is 1. The van der Waals surface area contributed by atoms with Crippen molar-refractivity contribution in [3.8, 4) is 0 Å². The maximum atomic E-state index is 11.5. The Hall–Kier alpha value is -1.03. The average molecular weight is 258 g/mol. The lowest BCUT2D eigenvalue weighted by Crippen LogP contribution is -2.12. The summed E-state index contributed by atoms with van der Waals surface area (Å²) in [5, 5.41) is 9.77. The highest BCUT2D eigenvalue weighted by atomic mass is 35.5. The lowest BCUT2D eigenvalue weighted by molar-refractivity contribution is -0.116. The van der Waals surface area contributed by atoms with Gasteiger partial charge in [0.25, 0.3) is 0 Å². The molecule has 0 saturated carbocycles. The molecule has 1 aromatic rings. The number of unbranched alkanes of at least 4 members (excludes halogenated alkanes) is 1. The zero-order chi connectivity index (χ0) is 12.9. The number of carbonyl (C=O) groups excluding carboxylic acids is 1. The van der Waals surface area contributed by atoms with Crippen molar-refractivity contribution in [3.63, 3.8) is 0 Å². The third-order valence-corrected chi connectivity index (χ3v) is 2.71. The van der Waals surface area contributed by atoms with Gasteiger partial charge in [-0.25, -0.2) is 0 Å². The van der Waals surface area contributed by atoms with Crippen molar-refractivity contribution in [1.82, 2.24) is 10.2 Å². The first-order chi connectivity index (χ1) is 7.93. The third kappa shape index (κ3) is 4.77. The van der Waals surface area contributed by atoms with Crippen LogP contribution in [0.1, 0.15) is 45.7 Å². The number of alkyl halides is 1. The molecule has 1 rings (SSSR count). The van der Waals surface area contributed by atoms with Crippen molar-refractivity contribution < 1.29 is 4.79 Å². The fraction of sp³-hybridized carbons (Fsp3) is 0.667. The summed E-state index contributed by atoms with van der Waals surface area (Å²) >= 11 is 5.55. The van der Waals surface area contributed by atoms with E-state index in [1.54, 1.807) is 0 Å². The van der Waals surface area contributed by atoms with Crippen LogP contribution in [0.5, 0.6) is 0 Å². The number of carbonyl (C=O) groups is 1. The molecule has 0 aliphatic heterocycles. The van der Waals surface area contributed by atoms with E-state index in [4.69, 9.17) is 11.6 Å². The Labute approximate surface area is 107 Å². The lowest BCUT2D eigenvalue weighted by atomic mass is 9.92. The molecule has 0 fully saturated rings. The van der Waals surface area contributed by atoms with Crippen molar-refractivity contribution in [3.05, 3.63) is 11.8 Å². The Morgan fingerprint density at radius 1 is 1.47 bits per heavy atom. The number of nitrogens with one attached hydrogen (secondary N) is 2. The molecule has 0 atom stereocenters. The van der Waals surface area contributed by atoms with Crippen molar-refractivity contribution in [2.24, 2.45) is 0 Å². The molecule has 1 aromatic heterocycles. The van der Waals surface area contributed by atoms with Crippen LogP contribution in [0.25, 0.3) is 0 Å². The topological polar surface area (TPSA) is 57.8 Å². The van der Waals surface area contributed by atoms with Gasteiger partial charge in [-0.1, -0.05) is 20.8 Å². The minimum atomic E-state index is -0.0120. The van der Waals surface area contributed by atoms with Crippen molar-refractivity contribution in [1.29, 1.82) is 0 Å². The van der Waals surface area contributed by atoms with Crippen LogP contribution in [0.4, 0.5) is 5.82 Å². The predicted octanol–water partition coefficient (Wildman–Crippen LogP) is 3.05. The standard InChI is InChI=1S/C12H20ClN3O/c1-12(2,3)9-8-10(16-15-9)14-11(17)6-4-5-7-13/h8H,4-7H2,1-3H3,(H2,14,15,16,17). The van der Waals surface area contributed by atoms with E-state index in [9.17, 15) is 4.79 Å². The summed E-state index contributed by atoms with van der Waals surface area (Å²) < 4.78 is 0. The minimum absolute atomic E-state index is 0.00853. The van der Waals surface area contributed by atoms with Crippen LogP contribution in [0.2, 0.25) is 0 Å². The van der Waals surface area contributed by atoms with E-state index >= 15 is 0 Å². The van der Waals surface area contributed by atoms with Crippen LogP contribution in [0.15, 0.2) is 6.07 Å². The molecule has 0 bridgehead atoms. The number of aromatic nitrogens is 2. The van der Waals surface area contributed by atoms with Crippen LogP contribution in [-0.2, 0) is 10.2 Å². The Morgan fingerprint density at radius 3 is 2.71 bits per heavy atom. The highest BCUT2D eigenvalue weighted by Gasteiger charge is 2.17. The van der Waals surface area contributed by atoms with E-state index < -0.39 is 0 Å². The van der Waals surface area contributed by atoms with Gasteiger partial charge < -0.3 is 5.32 Å². The molecule has 1 heterocycles. The first kappa shape index (κ1) is 14.0. The summed E-state index contributed by atoms with van der Waals surface area (Å²) in [6.07, 6.45) is 2.17. The highest BCUT2D eigenvalue weighted by molar-refractivity contribution is 6.17. The molecular formula is C12H20ClN3O. The molecule has 17 heavy (non-hydrogen) atoms. The second-order valence-corrected chi connectivity index (χ2v) is 5.49. The number of aromatic amines is 1. The molecule has 2 N–H and O–H groups in total. The summed E-state index contributed by atoms with van der Waals surface area (Å²) in [5.74, 6) is 1.18. The first-order valence-electron chi connectivity index (χ1n) is 5.85. The van der Waals surface area contributed by atoms with Crippen LogP contribution < -0.4 is 5.32 Å². The van der Waals surface area contributed by atoms with E-state index in [1.165, 1.54) is 0 Å². The Morgan fingerprint density at radius 2 is 2.18 bits per heavy atom.